The number of rotatable bonds is 37. The largest absolute Gasteiger partial charge is 0.491 e. The Labute approximate surface area is 731 Å². The third kappa shape index (κ3) is 23.9. The number of ether oxygens (including phenoxy) is 2. The summed E-state index contributed by atoms with van der Waals surface area (Å²) in [4.78, 5) is 127. The number of aryl methyl sites for hydroxylation is 8. The van der Waals surface area contributed by atoms with Gasteiger partial charge in [0.15, 0.2) is 33.7 Å². The van der Waals surface area contributed by atoms with Gasteiger partial charge in [0.25, 0.3) is 11.8 Å². The molecule has 0 fully saturated rings. The number of nitrogens with one attached hydrogen (secondary N) is 3. The van der Waals surface area contributed by atoms with Crippen LogP contribution in [0, 0.1) is 27.7 Å². The van der Waals surface area contributed by atoms with Crippen molar-refractivity contribution in [3.8, 4) is 11.5 Å². The number of hydrogen-bond donors (Lipinski definition) is 8. The summed E-state index contributed by atoms with van der Waals surface area (Å²) in [5.74, 6) is -2.29. The molecule has 40 heteroatoms. The molecule has 11 aromatic rings. The highest BCUT2D eigenvalue weighted by Gasteiger charge is 2.38. The van der Waals surface area contributed by atoms with Gasteiger partial charge in [-0.15, -0.1) is 0 Å². The number of primary amides is 4. The Hall–Kier alpha value is -13.0. The molecule has 0 spiro atoms. The zero-order chi connectivity index (χ0) is 91.7. The Bertz CT molecular complexity index is 5960. The van der Waals surface area contributed by atoms with Gasteiger partial charge in [0, 0.05) is 102 Å². The molecule has 0 aliphatic heterocycles. The van der Waals surface area contributed by atoms with E-state index in [0.717, 1.165) is 11.4 Å². The standard InChI is InChI=1S/C43H56N12O6Si.C34H48N10O5Si.C8H9N3OS/c1-10-54-32(19-26(3)50-54)34(56)24-36-47-30-21-28(38(44)57)23-35(60-17-14-18-61-62(8,9)43(5,6)7)37(30)52(36)15-12-13-16-53-40-31(22-29(25-46-40)39(45)58)48-42(53)49-41(59)33-20-27(4)51-55(33)11-2;1-8-44-26(16-21(2)42-44)32(47)41-33-40-25-18-23(30(37)46)20-39-31(25)43(33)13-10-9-12-38-28-24(35)17-22(29(36)45)19-27(28)48-14-11-15-49-50(6,7)34(3,4)5;1-3-11-7(4-6(2)10-11)8(12)9-5-13/h12-13,19-23,25H,10-11,14-18,24H2,1-9H3,(H2,44,57)(H2,45,58)(H,48,49,59);9-10,16-20,38H,8,11-15,35H2,1-7H3,(H2,36,45)(H2,37,46)(H,40,41,47);4H,3H2,1-2H3/b13-12+;10-9+;. The molecule has 0 saturated carbocycles. The van der Waals surface area contributed by atoms with Crippen molar-refractivity contribution in [2.24, 2.45) is 27.9 Å². The number of ketones is 1. The summed E-state index contributed by atoms with van der Waals surface area (Å²) >= 11 is 4.35. The molecule has 664 valence electrons. The van der Waals surface area contributed by atoms with Gasteiger partial charge in [-0.2, -0.15) is 25.4 Å². The normalized spacial score (nSPS) is 11.9. The number of isothiocyanates is 1. The van der Waals surface area contributed by atoms with E-state index in [1.54, 1.807) is 70.3 Å². The van der Waals surface area contributed by atoms with Crippen LogP contribution in [0.25, 0.3) is 33.4 Å². The third-order valence-electron chi connectivity index (χ3n) is 21.2. The lowest BCUT2D eigenvalue weighted by Crippen LogP contribution is -2.41. The maximum Gasteiger partial charge on any atom is 0.304 e. The van der Waals surface area contributed by atoms with Gasteiger partial charge < -0.3 is 56.9 Å². The topological polar surface area (TPSA) is 503 Å². The number of fused-ring (bicyclic) bond motifs is 3. The SMILES string of the molecule is CCn1nc(C)cc1C(=O)Cc1nc2cc(C(N)=O)cc(OCCCO[Si](C)(C)C(C)(C)C)c2n1C/C=C/Cn1c(NC(=O)c2cc(C)nn2CC)nc2cc(C(N)=O)cnc21.CCn1nc(C)cc1C(=O)N=C=S.CCn1nc(C)cc1C(=O)Nc1nc2cc(C(N)=O)cnc2n1C/C=C/CNc1c(N)cc(C(N)=O)cc1OCCCO[Si](C)(C)C(C)(C)C. The molecule has 0 atom stereocenters. The number of nitrogens with zero attached hydrogens (tertiary/aromatic N) is 17. The Morgan fingerprint density at radius 2 is 0.888 bits per heavy atom. The average Bonchev–Trinajstić information content (AvgIpc) is 1.63. The number of hydrogen-bond acceptors (Lipinski definition) is 24. The van der Waals surface area contributed by atoms with Gasteiger partial charge in [-0.1, -0.05) is 65.8 Å². The first kappa shape index (κ1) is 95.8. The number of pyridine rings is 2. The Morgan fingerprint density at radius 3 is 1.33 bits per heavy atom. The van der Waals surface area contributed by atoms with Crippen LogP contribution in [0.1, 0.15) is 194 Å². The number of thiocarbonyl (C=S) groups is 1. The summed E-state index contributed by atoms with van der Waals surface area (Å²) in [6.45, 7) is 41.7. The molecular formula is C85H113N25O12SSi2. The molecule has 37 nitrogen and oxygen atoms in total. The molecule has 0 bridgehead atoms. The second kappa shape index (κ2) is 41.4. The number of Topliss-reactive ketones (excluding diaryl/α,β-unsaturated/α-hetero) is 1. The van der Waals surface area contributed by atoms with Crippen molar-refractivity contribution in [2.45, 2.75) is 198 Å². The minimum absolute atomic E-state index is 0.0567. The first-order valence-electron chi connectivity index (χ1n) is 40.9. The maximum absolute atomic E-state index is 13.9. The van der Waals surface area contributed by atoms with Crippen LogP contribution in [0.4, 0.5) is 23.3 Å². The molecule has 0 saturated heterocycles. The maximum atomic E-state index is 13.9. The molecule has 0 aliphatic rings. The number of anilines is 4. The number of imidazole rings is 3. The molecule has 0 aliphatic carbocycles. The highest BCUT2D eigenvalue weighted by Crippen LogP contribution is 2.39. The summed E-state index contributed by atoms with van der Waals surface area (Å²) in [6, 6.07) is 16.2. The second-order valence-corrected chi connectivity index (χ2v) is 42.3. The number of carbonyl (C=O) groups is 8. The lowest BCUT2D eigenvalue weighted by atomic mass is 10.1. The van der Waals surface area contributed by atoms with E-state index in [9.17, 15) is 38.4 Å². The number of aromatic nitrogens is 16. The third-order valence-corrected chi connectivity index (χ3v) is 30.4. The van der Waals surface area contributed by atoms with Crippen molar-refractivity contribution < 1.29 is 56.7 Å². The van der Waals surface area contributed by atoms with E-state index < -0.39 is 58.0 Å². The van der Waals surface area contributed by atoms with Crippen LogP contribution in [-0.2, 0) is 61.1 Å². The van der Waals surface area contributed by atoms with Gasteiger partial charge >= 0.3 is 5.91 Å². The summed E-state index contributed by atoms with van der Waals surface area (Å²) in [5.41, 5.74) is 37.5. The monoisotopic (exact) mass is 1760 g/mol. The predicted octanol–water partition coefficient (Wildman–Crippen LogP) is 11.7. The average molecular weight is 1770 g/mol. The zero-order valence-corrected chi connectivity index (χ0v) is 77.0. The minimum atomic E-state index is -1.98. The number of aliphatic imine (C=N–C) groups is 1. The van der Waals surface area contributed by atoms with E-state index in [-0.39, 0.29) is 76.1 Å². The van der Waals surface area contributed by atoms with Gasteiger partial charge in [0.1, 0.15) is 62.3 Å². The van der Waals surface area contributed by atoms with Crippen molar-refractivity contribution in [3.63, 3.8) is 0 Å². The van der Waals surface area contributed by atoms with Gasteiger partial charge in [0.05, 0.1) is 69.9 Å². The summed E-state index contributed by atoms with van der Waals surface area (Å²) in [7, 11) is -3.86. The van der Waals surface area contributed by atoms with E-state index >= 15 is 0 Å². The summed E-state index contributed by atoms with van der Waals surface area (Å²) in [6.07, 6.45) is 11.4. The van der Waals surface area contributed by atoms with Gasteiger partial charge in [-0.3, -0.25) is 76.9 Å². The quantitative estimate of drug-likeness (QED) is 0.00341. The summed E-state index contributed by atoms with van der Waals surface area (Å²) < 4.78 is 36.8. The minimum Gasteiger partial charge on any atom is -0.491 e. The molecule has 9 aromatic heterocycles. The van der Waals surface area contributed by atoms with Crippen LogP contribution in [0.5, 0.6) is 11.5 Å². The number of carbonyl (C=O) groups excluding carboxylic acids is 8. The molecule has 11 rings (SSSR count). The van der Waals surface area contributed by atoms with Gasteiger partial charge in [0.2, 0.25) is 35.5 Å². The van der Waals surface area contributed by atoms with Crippen molar-refractivity contribution in [3.05, 3.63) is 171 Å². The van der Waals surface area contributed by atoms with Crippen molar-refractivity contribution in [1.82, 2.24) is 77.7 Å². The highest BCUT2D eigenvalue weighted by atomic mass is 32.1. The molecule has 9 heterocycles. The van der Waals surface area contributed by atoms with Crippen LogP contribution in [0.3, 0.4) is 0 Å². The fourth-order valence-corrected chi connectivity index (χ4v) is 15.0. The van der Waals surface area contributed by atoms with Crippen LogP contribution < -0.4 is 54.1 Å². The number of allylic oxidation sites excluding steroid dienone is 3. The molecule has 0 unspecified atom stereocenters. The molecule has 7 amide bonds. The van der Waals surface area contributed by atoms with Crippen LogP contribution >= 0.6 is 12.2 Å². The fraction of sp³-hybridized carbons (Fsp3) is 0.412. The van der Waals surface area contributed by atoms with E-state index in [0.29, 0.717) is 168 Å². The highest BCUT2D eigenvalue weighted by molar-refractivity contribution is 7.78. The predicted molar refractivity (Wildman–Crippen MR) is 487 cm³/mol. The number of benzene rings is 2. The fourth-order valence-electron chi connectivity index (χ4n) is 12.7. The summed E-state index contributed by atoms with van der Waals surface area (Å²) in [5, 5.41) is 28.5. The number of nitrogens with two attached hydrogens (primary N) is 5. The second-order valence-electron chi connectivity index (χ2n) is 32.5. The van der Waals surface area contributed by atoms with E-state index in [2.05, 4.69) is 141 Å². The Balaban J connectivity index is 0.000000251. The van der Waals surface area contributed by atoms with Gasteiger partial charge in [-0.05, 0) is 165 Å². The van der Waals surface area contributed by atoms with Crippen molar-refractivity contribution in [2.75, 3.05) is 54.7 Å². The molecular weight excluding hydrogens is 1650 g/mol. The van der Waals surface area contributed by atoms with Crippen molar-refractivity contribution in [1.29, 1.82) is 0 Å². The molecule has 0 radical (unpaired) electrons. The van der Waals surface area contributed by atoms with E-state index in [4.69, 9.17) is 52.0 Å². The van der Waals surface area contributed by atoms with Crippen LogP contribution in [-0.4, -0.2) is 180 Å². The lowest BCUT2D eigenvalue weighted by Gasteiger charge is -2.36. The molecule has 13 N–H and O–H groups in total. The Kier molecular flexibility index (Phi) is 31.8. The Morgan fingerprint density at radius 1 is 0.496 bits per heavy atom. The first-order chi connectivity index (χ1) is 59.0. The smallest absolute Gasteiger partial charge is 0.304 e. The number of nitrogen functional groups attached to an aromatic ring is 1. The lowest BCUT2D eigenvalue weighted by molar-refractivity contribution is 0.0973. The molecule has 2 aromatic carbocycles. The van der Waals surface area contributed by atoms with Crippen LogP contribution in [0.15, 0.2) is 102 Å². The molecule has 125 heavy (non-hydrogen) atoms. The van der Waals surface area contributed by atoms with Crippen molar-refractivity contribution >= 4 is 138 Å². The van der Waals surface area contributed by atoms with Crippen LogP contribution in [0.2, 0.25) is 36.3 Å². The van der Waals surface area contributed by atoms with E-state index in [1.165, 1.54) is 30.6 Å². The zero-order valence-electron chi connectivity index (χ0n) is 74.1. The van der Waals surface area contributed by atoms with Gasteiger partial charge in [-0.25, -0.2) is 24.9 Å². The van der Waals surface area contributed by atoms with E-state index in [1.807, 2.05) is 89.4 Å². The first-order valence-corrected chi connectivity index (χ1v) is 47.2. The number of amides is 7.